The van der Waals surface area contributed by atoms with Gasteiger partial charge in [-0.25, -0.2) is 0 Å². The summed E-state index contributed by atoms with van der Waals surface area (Å²) in [6.07, 6.45) is 1.42. The van der Waals surface area contributed by atoms with Gasteiger partial charge in [-0.15, -0.1) is 5.17 Å². The first-order valence-corrected chi connectivity index (χ1v) is 9.28. The highest BCUT2D eigenvalue weighted by molar-refractivity contribution is 14.1. The van der Waals surface area contributed by atoms with Crippen LogP contribution in [0.25, 0.3) is 0 Å². The zero-order valence-electron chi connectivity index (χ0n) is 13.2. The lowest BCUT2D eigenvalue weighted by atomic mass is 10.2. The Bertz CT molecular complexity index is 854. The van der Waals surface area contributed by atoms with Gasteiger partial charge in [-0.05, 0) is 59.3 Å². The summed E-state index contributed by atoms with van der Waals surface area (Å²) in [7, 11) is -4.02. The molecule has 0 heterocycles. The molecule has 0 saturated heterocycles. The highest BCUT2D eigenvalue weighted by Crippen LogP contribution is 2.08. The quantitative estimate of drug-likeness (QED) is 0.176. The zero-order valence-corrected chi connectivity index (χ0v) is 16.1. The van der Waals surface area contributed by atoms with Crippen molar-refractivity contribution in [1.82, 2.24) is 5.17 Å². The molecule has 0 aromatic heterocycles. The van der Waals surface area contributed by atoms with Crippen LogP contribution in [0.15, 0.2) is 58.5 Å². The van der Waals surface area contributed by atoms with Crippen molar-refractivity contribution in [3.63, 3.8) is 0 Å². The summed E-state index contributed by atoms with van der Waals surface area (Å²) in [5.41, 5.74) is 6.76. The number of hydroxylamine groups is 1. The van der Waals surface area contributed by atoms with E-state index in [1.165, 1.54) is 18.3 Å². The lowest BCUT2D eigenvalue weighted by Gasteiger charge is -2.05. The fourth-order valence-electron chi connectivity index (χ4n) is 1.48. The molecule has 0 aliphatic rings. The Labute approximate surface area is 159 Å². The molecule has 0 radical (unpaired) electrons. The molecule has 134 valence electrons. The van der Waals surface area contributed by atoms with Gasteiger partial charge in [0.1, 0.15) is 0 Å². The van der Waals surface area contributed by atoms with Gasteiger partial charge in [-0.2, -0.15) is 13.5 Å². The number of benzene rings is 2. The van der Waals surface area contributed by atoms with Crippen LogP contribution >= 0.6 is 22.6 Å². The average molecular weight is 476 g/mol. The first-order chi connectivity index (χ1) is 11.6. The third-order valence-electron chi connectivity index (χ3n) is 2.70. The summed E-state index contributed by atoms with van der Waals surface area (Å²) in [6, 6.07) is 13.5. The number of hydrogen-bond acceptors (Lipinski definition) is 5. The Kier molecular flexibility index (Phi) is 7.96. The number of hydrogen-bond donors (Lipinski definition) is 4. The summed E-state index contributed by atoms with van der Waals surface area (Å²) in [5.74, 6) is -0.521. The number of rotatable bonds is 3. The summed E-state index contributed by atoms with van der Waals surface area (Å²) < 4.78 is 30.6. The van der Waals surface area contributed by atoms with Crippen LogP contribution in [0.2, 0.25) is 0 Å². The van der Waals surface area contributed by atoms with Gasteiger partial charge in [0, 0.05) is 3.57 Å². The van der Waals surface area contributed by atoms with Gasteiger partial charge in [0.25, 0.3) is 10.1 Å². The van der Waals surface area contributed by atoms with Crippen molar-refractivity contribution in [3.05, 3.63) is 63.2 Å². The van der Waals surface area contributed by atoms with E-state index in [0.717, 1.165) is 14.7 Å². The Hall–Kier alpha value is -2.02. The Morgan fingerprint density at radius 2 is 1.88 bits per heavy atom. The molecule has 0 fully saturated rings. The molecule has 2 aromatic rings. The molecule has 0 spiro atoms. The van der Waals surface area contributed by atoms with Gasteiger partial charge in [0.05, 0.1) is 11.1 Å². The molecule has 2 rings (SSSR count). The molecule has 10 heteroatoms. The van der Waals surface area contributed by atoms with Crippen LogP contribution in [0.5, 0.6) is 0 Å². The van der Waals surface area contributed by atoms with E-state index < -0.39 is 16.1 Å². The fraction of sp³-hybridized carbons (Fsp3) is 0.0667. The zero-order chi connectivity index (χ0) is 19.0. The number of nitrogens with two attached hydrogens (primary N) is 1. The minimum Gasteiger partial charge on any atom is -0.367 e. The van der Waals surface area contributed by atoms with E-state index in [1.54, 1.807) is 12.1 Å². The monoisotopic (exact) mass is 476 g/mol. The van der Waals surface area contributed by atoms with E-state index >= 15 is 0 Å². The maximum Gasteiger partial charge on any atom is 0.294 e. The molecule has 0 atom stereocenters. The van der Waals surface area contributed by atoms with Gasteiger partial charge in [0.15, 0.2) is 0 Å². The minimum absolute atomic E-state index is 0.0666. The largest absolute Gasteiger partial charge is 0.367 e. The Balaban J connectivity index is 0.000000257. The second kappa shape index (κ2) is 9.46. The van der Waals surface area contributed by atoms with Gasteiger partial charge in [0.2, 0.25) is 5.96 Å². The van der Waals surface area contributed by atoms with Crippen LogP contribution in [0.1, 0.15) is 11.1 Å². The first kappa shape index (κ1) is 21.0. The van der Waals surface area contributed by atoms with E-state index in [1.807, 2.05) is 31.2 Å². The number of guanidine groups is 1. The molecule has 5 N–H and O–H groups in total. The fourth-order valence-corrected chi connectivity index (χ4v) is 2.53. The van der Waals surface area contributed by atoms with Crippen molar-refractivity contribution in [2.24, 2.45) is 10.8 Å². The SMILES string of the molecule is Cc1ccc(S(=O)(=O)O)cc1.N=C(N)N(O)/N=C/c1cccc(I)c1. The normalized spacial score (nSPS) is 10.9. The molecular formula is C15H17IN4O4S. The molecule has 0 aliphatic heterocycles. The van der Waals surface area contributed by atoms with Crippen molar-refractivity contribution >= 4 is 44.9 Å². The van der Waals surface area contributed by atoms with Gasteiger partial charge in [-0.3, -0.25) is 15.2 Å². The average Bonchev–Trinajstić information content (AvgIpc) is 2.52. The van der Waals surface area contributed by atoms with Crippen molar-refractivity contribution < 1.29 is 18.2 Å². The topological polar surface area (TPSA) is 140 Å². The van der Waals surface area contributed by atoms with Crippen molar-refractivity contribution in [2.45, 2.75) is 11.8 Å². The van der Waals surface area contributed by atoms with Crippen molar-refractivity contribution in [2.75, 3.05) is 0 Å². The smallest absolute Gasteiger partial charge is 0.294 e. The van der Waals surface area contributed by atoms with Crippen molar-refractivity contribution in [3.8, 4) is 0 Å². The van der Waals surface area contributed by atoms with Gasteiger partial charge in [-0.1, -0.05) is 29.8 Å². The standard InChI is InChI=1S/C8H9IN4O.C7H8O3S/c9-7-3-1-2-6(4-7)5-12-13(14)8(10)11;1-6-2-4-7(5-3-6)11(8,9)10/h1-5,14H,(H3,10,11);2-5H,1H3,(H,8,9,10)/b12-5+;. The van der Waals surface area contributed by atoms with Gasteiger partial charge >= 0.3 is 0 Å². The second-order valence-electron chi connectivity index (χ2n) is 4.76. The predicted octanol–water partition coefficient (Wildman–Crippen LogP) is 2.45. The van der Waals surface area contributed by atoms with Crippen LogP contribution in [0.3, 0.4) is 0 Å². The highest BCUT2D eigenvalue weighted by atomic mass is 127. The van der Waals surface area contributed by atoms with E-state index in [0.29, 0.717) is 5.17 Å². The van der Waals surface area contributed by atoms with Crippen LogP contribution in [0, 0.1) is 15.9 Å². The van der Waals surface area contributed by atoms with E-state index in [2.05, 4.69) is 27.7 Å². The summed E-state index contributed by atoms with van der Waals surface area (Å²) >= 11 is 2.17. The maximum atomic E-state index is 10.5. The maximum absolute atomic E-state index is 10.5. The second-order valence-corrected chi connectivity index (χ2v) is 7.43. The number of nitrogens with one attached hydrogen (secondary N) is 1. The van der Waals surface area contributed by atoms with Crippen LogP contribution < -0.4 is 5.73 Å². The number of nitrogens with zero attached hydrogens (tertiary/aromatic N) is 2. The van der Waals surface area contributed by atoms with Crippen molar-refractivity contribution in [1.29, 1.82) is 5.41 Å². The molecule has 0 unspecified atom stereocenters. The number of hydrazone groups is 1. The lowest BCUT2D eigenvalue weighted by molar-refractivity contribution is -0.0139. The van der Waals surface area contributed by atoms with Crippen LogP contribution in [0.4, 0.5) is 0 Å². The first-order valence-electron chi connectivity index (χ1n) is 6.76. The Morgan fingerprint density at radius 1 is 1.28 bits per heavy atom. The van der Waals surface area contributed by atoms with E-state index in [-0.39, 0.29) is 4.90 Å². The molecule has 0 bridgehead atoms. The number of aryl methyl sites for hydroxylation is 1. The number of halogens is 1. The van der Waals surface area contributed by atoms with Crippen LogP contribution in [-0.4, -0.2) is 35.5 Å². The molecule has 8 nitrogen and oxygen atoms in total. The predicted molar refractivity (Wildman–Crippen MR) is 103 cm³/mol. The van der Waals surface area contributed by atoms with E-state index in [4.69, 9.17) is 20.9 Å². The molecule has 0 aliphatic carbocycles. The third kappa shape index (κ3) is 8.07. The Morgan fingerprint density at radius 3 is 2.36 bits per heavy atom. The molecule has 0 amide bonds. The molecule has 2 aromatic carbocycles. The summed E-state index contributed by atoms with van der Waals surface area (Å²) in [5, 5.41) is 19.6. The van der Waals surface area contributed by atoms with Crippen LogP contribution in [-0.2, 0) is 10.1 Å². The minimum atomic E-state index is -4.02. The van der Waals surface area contributed by atoms with E-state index in [9.17, 15) is 8.42 Å². The molecular weight excluding hydrogens is 459 g/mol. The highest BCUT2D eigenvalue weighted by Gasteiger charge is 2.06. The molecule has 25 heavy (non-hydrogen) atoms. The van der Waals surface area contributed by atoms with Gasteiger partial charge < -0.3 is 5.73 Å². The molecule has 0 saturated carbocycles. The summed E-state index contributed by atoms with van der Waals surface area (Å²) in [6.45, 7) is 1.84. The third-order valence-corrected chi connectivity index (χ3v) is 4.24. The summed E-state index contributed by atoms with van der Waals surface area (Å²) in [4.78, 5) is -0.0666. The lowest BCUT2D eigenvalue weighted by Crippen LogP contribution is -2.28.